The molecule has 0 aromatic carbocycles. The molecule has 2 N–H and O–H groups in total. The molecule has 0 fully saturated rings. The van der Waals surface area contributed by atoms with Crippen LogP contribution in [-0.4, -0.2) is 17.3 Å². The lowest BCUT2D eigenvalue weighted by atomic mass is 10.2. The van der Waals surface area contributed by atoms with E-state index < -0.39 is 0 Å². The third kappa shape index (κ3) is 1.20. The molecule has 1 atom stereocenters. The Morgan fingerprint density at radius 3 is 3.33 bits per heavy atom. The molecule has 1 aliphatic heterocycles. The zero-order chi connectivity index (χ0) is 8.55. The highest BCUT2D eigenvalue weighted by molar-refractivity contribution is 9.15. The lowest BCUT2D eigenvalue weighted by molar-refractivity contribution is -1.06. The van der Waals surface area contributed by atoms with Crippen LogP contribution in [0, 0.1) is 0 Å². The third-order valence-corrected chi connectivity index (χ3v) is 2.53. The molecule has 0 aliphatic carbocycles. The molecule has 0 saturated carbocycles. The molecule has 1 aromatic rings. The Morgan fingerprint density at radius 1 is 1.75 bits per heavy atom. The average Bonchev–Trinajstić information content (AvgIpc) is 2.52. The van der Waals surface area contributed by atoms with Gasteiger partial charge in [0.2, 0.25) is 0 Å². The molecular weight excluding hydrogens is 222 g/mol. The van der Waals surface area contributed by atoms with Crippen molar-refractivity contribution in [2.45, 2.75) is 6.54 Å². The summed E-state index contributed by atoms with van der Waals surface area (Å²) in [6.45, 7) is 0.793. The summed E-state index contributed by atoms with van der Waals surface area (Å²) in [5, 5.41) is 7.83. The van der Waals surface area contributed by atoms with Crippen molar-refractivity contribution in [1.82, 2.24) is 10.2 Å². The van der Waals surface area contributed by atoms with Crippen molar-refractivity contribution in [3.8, 4) is 0 Å². The maximum Gasteiger partial charge on any atom is 0.154 e. The van der Waals surface area contributed by atoms with Gasteiger partial charge in [0, 0.05) is 5.56 Å². The zero-order valence-electron chi connectivity index (χ0n) is 6.60. The van der Waals surface area contributed by atoms with Gasteiger partial charge in [0.15, 0.2) is 6.54 Å². The molecular formula is C7H9BrN3O+. The van der Waals surface area contributed by atoms with Gasteiger partial charge in [-0.1, -0.05) is 0 Å². The van der Waals surface area contributed by atoms with Crippen molar-refractivity contribution in [3.63, 3.8) is 0 Å². The van der Waals surface area contributed by atoms with E-state index in [1.807, 2.05) is 12.4 Å². The first-order valence-corrected chi connectivity index (χ1v) is 4.40. The van der Waals surface area contributed by atoms with Crippen LogP contribution in [0.5, 0.6) is 0 Å². The monoisotopic (exact) mass is 230 g/mol. The van der Waals surface area contributed by atoms with Gasteiger partial charge in [0.05, 0.1) is 17.8 Å². The molecule has 0 bridgehead atoms. The lowest BCUT2D eigenvalue weighted by Crippen LogP contribution is -3.05. The second-order valence-electron chi connectivity index (χ2n) is 2.60. The number of nitrogens with zero attached hydrogens (tertiary/aromatic N) is 1. The minimum atomic E-state index is 0.793. The summed E-state index contributed by atoms with van der Waals surface area (Å²) in [6.07, 6.45) is 3.78. The first kappa shape index (κ1) is 7.97. The van der Waals surface area contributed by atoms with Crippen LogP contribution in [0.3, 0.4) is 0 Å². The number of rotatable bonds is 1. The molecule has 4 nitrogen and oxygen atoms in total. The van der Waals surface area contributed by atoms with E-state index in [2.05, 4.69) is 26.1 Å². The number of hydrogen-bond donors (Lipinski definition) is 2. The van der Waals surface area contributed by atoms with Crippen molar-refractivity contribution < 1.29 is 9.90 Å². The fourth-order valence-electron chi connectivity index (χ4n) is 1.23. The Hall–Kier alpha value is -0.650. The lowest BCUT2D eigenvalue weighted by Gasteiger charge is -2.15. The van der Waals surface area contributed by atoms with Crippen molar-refractivity contribution >= 4 is 20.4 Å². The highest BCUT2D eigenvalue weighted by Crippen LogP contribution is 2.23. The summed E-state index contributed by atoms with van der Waals surface area (Å²) in [5.74, 6) is 0. The SMILES string of the molecule is CO[NH+]1C=C(Br)c2cn[nH]c2C1. The second-order valence-corrected chi connectivity index (χ2v) is 3.46. The molecule has 0 spiro atoms. The van der Waals surface area contributed by atoms with Gasteiger partial charge in [-0.25, -0.2) is 4.84 Å². The number of nitrogens with one attached hydrogen (secondary N) is 2. The van der Waals surface area contributed by atoms with Crippen molar-refractivity contribution in [3.05, 3.63) is 23.7 Å². The Bertz CT molecular complexity index is 320. The van der Waals surface area contributed by atoms with Crippen LogP contribution >= 0.6 is 15.9 Å². The van der Waals surface area contributed by atoms with E-state index in [9.17, 15) is 0 Å². The number of fused-ring (bicyclic) bond motifs is 1. The number of H-pyrrole nitrogens is 1. The molecule has 12 heavy (non-hydrogen) atoms. The van der Waals surface area contributed by atoms with Gasteiger partial charge in [-0.2, -0.15) is 10.2 Å². The van der Waals surface area contributed by atoms with Crippen molar-refractivity contribution in [2.24, 2.45) is 0 Å². The van der Waals surface area contributed by atoms with Gasteiger partial charge in [-0.3, -0.25) is 5.10 Å². The van der Waals surface area contributed by atoms with Gasteiger partial charge in [-0.15, -0.1) is 0 Å². The highest BCUT2D eigenvalue weighted by atomic mass is 79.9. The summed E-state index contributed by atoms with van der Waals surface area (Å²) >= 11 is 3.45. The summed E-state index contributed by atoms with van der Waals surface area (Å²) < 4.78 is 1.02. The van der Waals surface area contributed by atoms with Crippen LogP contribution in [0.1, 0.15) is 11.3 Å². The number of quaternary nitrogens is 1. The number of hydrogen-bond acceptors (Lipinski definition) is 2. The molecule has 0 saturated heterocycles. The molecule has 0 amide bonds. The highest BCUT2D eigenvalue weighted by Gasteiger charge is 2.21. The topological polar surface area (TPSA) is 42.4 Å². The van der Waals surface area contributed by atoms with Crippen LogP contribution in [0.4, 0.5) is 0 Å². The number of aromatic amines is 1. The van der Waals surface area contributed by atoms with Gasteiger partial charge >= 0.3 is 0 Å². The van der Waals surface area contributed by atoms with Crippen molar-refractivity contribution in [1.29, 1.82) is 0 Å². The summed E-state index contributed by atoms with van der Waals surface area (Å²) in [4.78, 5) is 5.15. The second kappa shape index (κ2) is 3.01. The van der Waals surface area contributed by atoms with Gasteiger partial charge in [0.25, 0.3) is 0 Å². The normalized spacial score (nSPS) is 21.8. The van der Waals surface area contributed by atoms with E-state index in [-0.39, 0.29) is 0 Å². The fourth-order valence-corrected chi connectivity index (χ4v) is 1.83. The predicted octanol–water partition coefficient (Wildman–Crippen LogP) is 0.0629. The molecule has 0 radical (unpaired) electrons. The standard InChI is InChI=1S/C7H8BrN3O/c1-12-11-3-6(8)5-2-9-10-7(5)4-11/h2-3H,4H2,1H3,(H,9,10)/p+1. The summed E-state index contributed by atoms with van der Waals surface area (Å²) in [5.41, 5.74) is 2.22. The first-order valence-electron chi connectivity index (χ1n) is 3.61. The molecule has 2 heterocycles. The minimum Gasteiger partial charge on any atom is -0.276 e. The van der Waals surface area contributed by atoms with Gasteiger partial charge < -0.3 is 0 Å². The first-order chi connectivity index (χ1) is 5.81. The maximum atomic E-state index is 5.15. The predicted molar refractivity (Wildman–Crippen MR) is 47.2 cm³/mol. The Kier molecular flexibility index (Phi) is 2.00. The van der Waals surface area contributed by atoms with Crippen LogP contribution in [0.2, 0.25) is 0 Å². The maximum absolute atomic E-state index is 5.15. The quantitative estimate of drug-likeness (QED) is 0.717. The van der Waals surface area contributed by atoms with E-state index in [1.54, 1.807) is 7.11 Å². The van der Waals surface area contributed by atoms with Crippen LogP contribution in [-0.2, 0) is 11.4 Å². The number of aromatic nitrogens is 2. The van der Waals surface area contributed by atoms with Crippen LogP contribution in [0.25, 0.3) is 4.48 Å². The Balaban J connectivity index is 2.38. The van der Waals surface area contributed by atoms with E-state index >= 15 is 0 Å². The van der Waals surface area contributed by atoms with E-state index in [0.717, 1.165) is 27.3 Å². The van der Waals surface area contributed by atoms with E-state index in [1.165, 1.54) is 0 Å². The zero-order valence-corrected chi connectivity index (χ0v) is 8.18. The molecule has 2 rings (SSSR count). The average molecular weight is 231 g/mol. The Morgan fingerprint density at radius 2 is 2.58 bits per heavy atom. The molecule has 64 valence electrons. The minimum absolute atomic E-state index is 0.793. The Labute approximate surface area is 78.3 Å². The largest absolute Gasteiger partial charge is 0.276 e. The molecule has 1 aromatic heterocycles. The van der Waals surface area contributed by atoms with Crippen LogP contribution in [0.15, 0.2) is 12.4 Å². The van der Waals surface area contributed by atoms with Crippen molar-refractivity contribution in [2.75, 3.05) is 7.11 Å². The molecule has 5 heteroatoms. The molecule has 1 unspecified atom stereocenters. The van der Waals surface area contributed by atoms with E-state index in [4.69, 9.17) is 4.84 Å². The molecule has 1 aliphatic rings. The number of halogens is 1. The smallest absolute Gasteiger partial charge is 0.154 e. The summed E-state index contributed by atoms with van der Waals surface area (Å²) in [7, 11) is 1.67. The van der Waals surface area contributed by atoms with E-state index in [0.29, 0.717) is 0 Å². The van der Waals surface area contributed by atoms with Gasteiger partial charge in [0.1, 0.15) is 11.9 Å². The third-order valence-electron chi connectivity index (χ3n) is 1.88. The van der Waals surface area contributed by atoms with Gasteiger partial charge in [-0.05, 0) is 15.9 Å². The summed E-state index contributed by atoms with van der Waals surface area (Å²) in [6, 6.07) is 0. The fraction of sp³-hybridized carbons (Fsp3) is 0.286. The van der Waals surface area contributed by atoms with Crippen LogP contribution < -0.4 is 5.06 Å². The number of hydroxylamine groups is 2.